The first-order valence-electron chi connectivity index (χ1n) is 17.9. The lowest BCUT2D eigenvalue weighted by atomic mass is 9.95. The second-order valence-corrected chi connectivity index (χ2v) is 15.1. The molecular weight excluding hydrogens is 728 g/mol. The molecule has 12 heteroatoms. The summed E-state index contributed by atoms with van der Waals surface area (Å²) in [6.07, 6.45) is 13.1. The first kappa shape index (κ1) is 35.2. The van der Waals surface area contributed by atoms with Gasteiger partial charge in [-0.25, -0.2) is 9.78 Å². The molecule has 2 atom stereocenters. The fourth-order valence-corrected chi connectivity index (χ4v) is 8.38. The molecule has 264 valence electrons. The van der Waals surface area contributed by atoms with Crippen LogP contribution in [0.25, 0.3) is 0 Å². The van der Waals surface area contributed by atoms with Gasteiger partial charge in [-0.1, -0.05) is 49.1 Å². The number of fused-ring (bicyclic) bond motifs is 2. The van der Waals surface area contributed by atoms with E-state index in [2.05, 4.69) is 65.3 Å². The van der Waals surface area contributed by atoms with Gasteiger partial charge in [-0.05, 0) is 94.2 Å². The van der Waals surface area contributed by atoms with E-state index in [1.54, 1.807) is 11.2 Å². The van der Waals surface area contributed by atoms with Crippen molar-refractivity contribution in [2.75, 3.05) is 26.2 Å². The predicted octanol–water partition coefficient (Wildman–Crippen LogP) is 6.19. The van der Waals surface area contributed by atoms with Gasteiger partial charge in [-0.15, -0.1) is 0 Å². The molecule has 3 amide bonds. The van der Waals surface area contributed by atoms with Crippen LogP contribution in [0.15, 0.2) is 71.7 Å². The molecular formula is C39H42BrClN8O2. The number of pyridine rings is 1. The fourth-order valence-electron chi connectivity index (χ4n) is 7.80. The van der Waals surface area contributed by atoms with Crippen molar-refractivity contribution in [3.8, 4) is 6.07 Å². The van der Waals surface area contributed by atoms with Crippen LogP contribution < -0.4 is 10.6 Å². The maximum absolute atomic E-state index is 14.2. The molecule has 0 radical (unpaired) electrons. The molecule has 10 nitrogen and oxygen atoms in total. The highest BCUT2D eigenvalue weighted by Gasteiger charge is 2.40. The summed E-state index contributed by atoms with van der Waals surface area (Å²) in [4.78, 5) is 41.4. The summed E-state index contributed by atoms with van der Waals surface area (Å²) in [6, 6.07) is 17.0. The van der Waals surface area contributed by atoms with Gasteiger partial charge in [0, 0.05) is 72.8 Å². The van der Waals surface area contributed by atoms with Crippen molar-refractivity contribution in [2.45, 2.75) is 76.0 Å². The number of aromatic nitrogens is 3. The number of amides is 3. The van der Waals surface area contributed by atoms with Crippen LogP contribution in [0.2, 0.25) is 5.02 Å². The highest BCUT2D eigenvalue weighted by molar-refractivity contribution is 9.10. The Morgan fingerprint density at radius 3 is 2.61 bits per heavy atom. The Labute approximate surface area is 312 Å². The van der Waals surface area contributed by atoms with Crippen molar-refractivity contribution >= 4 is 39.5 Å². The standard InChI is InChI=1S/C39H42BrClN8O2/c40-30-18-29-11-10-28-19-31(41)12-13-34(28)37(36(29)45-21-30)47-16-17-49(39(51)46-32-4-2-1-3-5-32)35(24-47)38(50)44-15-14-33-22-43-25-48(33)23-27-8-6-26(20-42)7-9-27/h6-9,12-13,18-19,21-22,25,32,35,37H,1-5,10-11,14-17,23-24H2,(H,44,50)(H,46,51)/t35-,37?/m1/s1. The van der Waals surface area contributed by atoms with Crippen LogP contribution in [0.3, 0.4) is 0 Å². The molecule has 3 heterocycles. The number of hydrogen-bond acceptors (Lipinski definition) is 6. The Morgan fingerprint density at radius 2 is 1.80 bits per heavy atom. The topological polar surface area (TPSA) is 119 Å². The number of urea groups is 1. The molecule has 0 bridgehead atoms. The molecule has 2 aliphatic carbocycles. The third-order valence-corrected chi connectivity index (χ3v) is 11.1. The van der Waals surface area contributed by atoms with Crippen molar-refractivity contribution in [1.29, 1.82) is 5.26 Å². The van der Waals surface area contributed by atoms with Gasteiger partial charge >= 0.3 is 6.03 Å². The van der Waals surface area contributed by atoms with E-state index in [0.29, 0.717) is 49.7 Å². The zero-order valence-corrected chi connectivity index (χ0v) is 30.9. The zero-order chi connectivity index (χ0) is 35.3. The van der Waals surface area contributed by atoms with Crippen molar-refractivity contribution in [1.82, 2.24) is 35.0 Å². The molecule has 4 aromatic rings. The minimum atomic E-state index is -0.691. The molecule has 2 aromatic heterocycles. The SMILES string of the molecule is N#Cc1ccc(Cn2cncc2CCNC(=O)[C@H]2CN(C3c4ccc(Cl)cc4CCc4cc(Br)cnc43)CCN2C(=O)NC2CCCCC2)cc1. The molecule has 1 saturated heterocycles. The maximum Gasteiger partial charge on any atom is 0.318 e. The summed E-state index contributed by atoms with van der Waals surface area (Å²) in [5, 5.41) is 16.3. The average molecular weight is 770 g/mol. The Hall–Kier alpha value is -4.24. The minimum absolute atomic E-state index is 0.136. The molecule has 2 N–H and O–H groups in total. The number of aryl methyl sites for hydroxylation is 2. The van der Waals surface area contributed by atoms with Crippen molar-refractivity contribution in [2.24, 2.45) is 0 Å². The Balaban J connectivity index is 1.11. The summed E-state index contributed by atoms with van der Waals surface area (Å²) in [5.74, 6) is -0.175. The highest BCUT2D eigenvalue weighted by Crippen LogP contribution is 2.38. The number of carbonyl (C=O) groups is 2. The van der Waals surface area contributed by atoms with Crippen LogP contribution in [-0.2, 0) is 30.6 Å². The van der Waals surface area contributed by atoms with E-state index in [9.17, 15) is 9.59 Å². The summed E-state index contributed by atoms with van der Waals surface area (Å²) in [6.45, 7) is 2.39. The maximum atomic E-state index is 14.2. The number of rotatable bonds is 8. The monoisotopic (exact) mass is 768 g/mol. The summed E-state index contributed by atoms with van der Waals surface area (Å²) in [7, 11) is 0. The van der Waals surface area contributed by atoms with E-state index in [0.717, 1.165) is 71.1 Å². The zero-order valence-electron chi connectivity index (χ0n) is 28.5. The van der Waals surface area contributed by atoms with E-state index in [4.69, 9.17) is 21.8 Å². The van der Waals surface area contributed by atoms with Gasteiger partial charge in [-0.2, -0.15) is 5.26 Å². The van der Waals surface area contributed by atoms with Crippen LogP contribution in [0, 0.1) is 11.3 Å². The van der Waals surface area contributed by atoms with E-state index in [1.165, 1.54) is 12.0 Å². The van der Waals surface area contributed by atoms with Crippen molar-refractivity contribution < 1.29 is 9.59 Å². The number of nitrogens with zero attached hydrogens (tertiary/aromatic N) is 6. The molecule has 7 rings (SSSR count). The molecule has 2 aromatic carbocycles. The van der Waals surface area contributed by atoms with E-state index < -0.39 is 6.04 Å². The van der Waals surface area contributed by atoms with Crippen LogP contribution in [0.4, 0.5) is 4.79 Å². The van der Waals surface area contributed by atoms with E-state index in [-0.39, 0.29) is 24.0 Å². The van der Waals surface area contributed by atoms with Gasteiger partial charge in [0.2, 0.25) is 5.91 Å². The van der Waals surface area contributed by atoms with Gasteiger partial charge in [-0.3, -0.25) is 14.7 Å². The van der Waals surface area contributed by atoms with E-state index in [1.807, 2.05) is 42.7 Å². The number of nitrogens with one attached hydrogen (secondary N) is 2. The van der Waals surface area contributed by atoms with Crippen molar-refractivity contribution in [3.63, 3.8) is 0 Å². The number of nitriles is 1. The summed E-state index contributed by atoms with van der Waals surface area (Å²) >= 11 is 10.1. The van der Waals surface area contributed by atoms with Gasteiger partial charge in [0.15, 0.2) is 0 Å². The fraction of sp³-hybridized carbons (Fsp3) is 0.410. The molecule has 3 aliphatic rings. The molecule has 2 fully saturated rings. The smallest absolute Gasteiger partial charge is 0.318 e. The Kier molecular flexibility index (Phi) is 11.0. The first-order chi connectivity index (χ1) is 24.9. The molecule has 0 spiro atoms. The lowest BCUT2D eigenvalue weighted by molar-refractivity contribution is -0.127. The van der Waals surface area contributed by atoms with Gasteiger partial charge in [0.25, 0.3) is 0 Å². The molecule has 1 saturated carbocycles. The van der Waals surface area contributed by atoms with Gasteiger partial charge in [0.1, 0.15) is 6.04 Å². The van der Waals surface area contributed by atoms with Crippen LogP contribution in [0.5, 0.6) is 0 Å². The molecule has 1 aliphatic heterocycles. The van der Waals surface area contributed by atoms with E-state index >= 15 is 0 Å². The summed E-state index contributed by atoms with van der Waals surface area (Å²) < 4.78 is 2.99. The Bertz CT molecular complexity index is 1870. The first-order valence-corrected chi connectivity index (χ1v) is 19.0. The normalized spacial score (nSPS) is 19.4. The number of carbonyl (C=O) groups excluding carboxylic acids is 2. The number of imidazole rings is 1. The molecule has 51 heavy (non-hydrogen) atoms. The number of hydrogen-bond donors (Lipinski definition) is 2. The largest absolute Gasteiger partial charge is 0.354 e. The van der Waals surface area contributed by atoms with Gasteiger partial charge < -0.3 is 20.1 Å². The minimum Gasteiger partial charge on any atom is -0.354 e. The number of piperazine rings is 1. The molecule has 1 unspecified atom stereocenters. The third-order valence-electron chi connectivity index (χ3n) is 10.5. The predicted molar refractivity (Wildman–Crippen MR) is 199 cm³/mol. The summed E-state index contributed by atoms with van der Waals surface area (Å²) in [5.41, 5.74) is 7.13. The highest BCUT2D eigenvalue weighted by atomic mass is 79.9. The lowest BCUT2D eigenvalue weighted by Crippen LogP contribution is -2.63. The van der Waals surface area contributed by atoms with Crippen LogP contribution in [-0.4, -0.2) is 74.5 Å². The average Bonchev–Trinajstić information content (AvgIpc) is 3.52. The van der Waals surface area contributed by atoms with Crippen LogP contribution >= 0.6 is 27.5 Å². The second-order valence-electron chi connectivity index (χ2n) is 13.8. The second kappa shape index (κ2) is 16.0. The quantitative estimate of drug-likeness (QED) is 0.221. The number of halogens is 2. The van der Waals surface area contributed by atoms with Crippen LogP contribution in [0.1, 0.15) is 77.4 Å². The lowest BCUT2D eigenvalue weighted by Gasteiger charge is -2.44. The Morgan fingerprint density at radius 1 is 1.00 bits per heavy atom. The third kappa shape index (κ3) is 8.14. The van der Waals surface area contributed by atoms with Crippen molar-refractivity contribution in [3.05, 3.63) is 116 Å². The number of benzene rings is 2. The van der Waals surface area contributed by atoms with Gasteiger partial charge in [0.05, 0.1) is 29.7 Å².